The molecule has 1 aromatic heterocycles. The van der Waals surface area contributed by atoms with Crippen molar-refractivity contribution in [2.75, 3.05) is 18.4 Å². The summed E-state index contributed by atoms with van der Waals surface area (Å²) in [6.07, 6.45) is 2.15. The SMILES string of the molecule is Cc1cccc(C(=O)Nc2ccc(C(=O)N3CCCC3)cc2)n1. The molecule has 2 amide bonds. The van der Waals surface area contributed by atoms with E-state index in [1.54, 1.807) is 36.4 Å². The highest BCUT2D eigenvalue weighted by Crippen LogP contribution is 2.16. The van der Waals surface area contributed by atoms with E-state index >= 15 is 0 Å². The second-order valence-corrected chi connectivity index (χ2v) is 5.69. The number of pyridine rings is 1. The van der Waals surface area contributed by atoms with Gasteiger partial charge in [0.15, 0.2) is 0 Å². The van der Waals surface area contributed by atoms with Crippen LogP contribution in [0.15, 0.2) is 42.5 Å². The van der Waals surface area contributed by atoms with Crippen molar-refractivity contribution in [2.45, 2.75) is 19.8 Å². The zero-order valence-corrected chi connectivity index (χ0v) is 13.1. The van der Waals surface area contributed by atoms with Crippen LogP contribution >= 0.6 is 0 Å². The zero-order valence-electron chi connectivity index (χ0n) is 13.1. The Morgan fingerprint density at radius 1 is 1.04 bits per heavy atom. The van der Waals surface area contributed by atoms with Crippen LogP contribution in [0.25, 0.3) is 0 Å². The van der Waals surface area contributed by atoms with Gasteiger partial charge in [-0.3, -0.25) is 9.59 Å². The van der Waals surface area contributed by atoms with Gasteiger partial charge in [0.1, 0.15) is 5.69 Å². The molecule has 5 nitrogen and oxygen atoms in total. The smallest absolute Gasteiger partial charge is 0.274 e. The number of aryl methyl sites for hydroxylation is 1. The molecule has 0 unspecified atom stereocenters. The standard InChI is InChI=1S/C18H19N3O2/c1-13-5-4-6-16(19-13)17(22)20-15-9-7-14(8-10-15)18(23)21-11-2-3-12-21/h4-10H,2-3,11-12H2,1H3,(H,20,22). The molecule has 23 heavy (non-hydrogen) atoms. The van der Waals surface area contributed by atoms with Gasteiger partial charge in [0.25, 0.3) is 11.8 Å². The third-order valence-corrected chi connectivity index (χ3v) is 3.90. The molecule has 0 atom stereocenters. The Morgan fingerprint density at radius 2 is 1.74 bits per heavy atom. The molecule has 1 fully saturated rings. The average Bonchev–Trinajstić information content (AvgIpc) is 3.09. The van der Waals surface area contributed by atoms with Gasteiger partial charge in [-0.1, -0.05) is 6.07 Å². The van der Waals surface area contributed by atoms with Gasteiger partial charge in [-0.05, 0) is 56.2 Å². The van der Waals surface area contributed by atoms with Crippen LogP contribution in [0.1, 0.15) is 39.4 Å². The molecule has 0 bridgehead atoms. The number of hydrogen-bond donors (Lipinski definition) is 1. The van der Waals surface area contributed by atoms with E-state index in [0.717, 1.165) is 31.6 Å². The van der Waals surface area contributed by atoms with E-state index in [9.17, 15) is 9.59 Å². The number of hydrogen-bond acceptors (Lipinski definition) is 3. The topological polar surface area (TPSA) is 62.3 Å². The maximum Gasteiger partial charge on any atom is 0.274 e. The van der Waals surface area contributed by atoms with Crippen molar-refractivity contribution in [1.82, 2.24) is 9.88 Å². The zero-order chi connectivity index (χ0) is 16.2. The van der Waals surface area contributed by atoms with Crippen molar-refractivity contribution < 1.29 is 9.59 Å². The van der Waals surface area contributed by atoms with Gasteiger partial charge < -0.3 is 10.2 Å². The summed E-state index contributed by atoms with van der Waals surface area (Å²) < 4.78 is 0. The maximum atomic E-state index is 12.3. The minimum Gasteiger partial charge on any atom is -0.339 e. The van der Waals surface area contributed by atoms with E-state index in [2.05, 4.69) is 10.3 Å². The largest absolute Gasteiger partial charge is 0.339 e. The van der Waals surface area contributed by atoms with Crippen molar-refractivity contribution >= 4 is 17.5 Å². The predicted octanol–water partition coefficient (Wildman–Crippen LogP) is 2.88. The van der Waals surface area contributed by atoms with Gasteiger partial charge in [-0.2, -0.15) is 0 Å². The summed E-state index contributed by atoms with van der Waals surface area (Å²) in [6.45, 7) is 3.50. The van der Waals surface area contributed by atoms with Crippen LogP contribution in [-0.4, -0.2) is 34.8 Å². The van der Waals surface area contributed by atoms with Crippen LogP contribution < -0.4 is 5.32 Å². The van der Waals surface area contributed by atoms with Crippen molar-refractivity contribution in [1.29, 1.82) is 0 Å². The number of rotatable bonds is 3. The predicted molar refractivity (Wildman–Crippen MR) is 88.5 cm³/mol. The summed E-state index contributed by atoms with van der Waals surface area (Å²) in [5.74, 6) is -0.201. The second kappa shape index (κ2) is 6.60. The summed E-state index contributed by atoms with van der Waals surface area (Å²) in [7, 11) is 0. The van der Waals surface area contributed by atoms with Crippen LogP contribution in [0.4, 0.5) is 5.69 Å². The lowest BCUT2D eigenvalue weighted by atomic mass is 10.2. The molecular weight excluding hydrogens is 290 g/mol. The normalized spacial score (nSPS) is 13.9. The van der Waals surface area contributed by atoms with Gasteiger partial charge in [0, 0.05) is 30.0 Å². The number of amides is 2. The molecule has 1 saturated heterocycles. The molecular formula is C18H19N3O2. The Hall–Kier alpha value is -2.69. The summed E-state index contributed by atoms with van der Waals surface area (Å²) in [5, 5.41) is 2.79. The van der Waals surface area contributed by atoms with Gasteiger partial charge >= 0.3 is 0 Å². The number of nitrogens with one attached hydrogen (secondary N) is 1. The Morgan fingerprint density at radius 3 is 2.39 bits per heavy atom. The fraction of sp³-hybridized carbons (Fsp3) is 0.278. The van der Waals surface area contributed by atoms with Crippen LogP contribution in [0.5, 0.6) is 0 Å². The van der Waals surface area contributed by atoms with Gasteiger partial charge in [-0.15, -0.1) is 0 Å². The fourth-order valence-corrected chi connectivity index (χ4v) is 2.66. The number of carbonyl (C=O) groups excluding carboxylic acids is 2. The molecule has 1 N–H and O–H groups in total. The number of benzene rings is 1. The molecule has 2 heterocycles. The molecule has 1 aromatic carbocycles. The molecule has 0 aliphatic carbocycles. The van der Waals surface area contributed by atoms with E-state index in [1.165, 1.54) is 0 Å². The van der Waals surface area contributed by atoms with E-state index in [4.69, 9.17) is 0 Å². The molecule has 0 spiro atoms. The molecule has 0 saturated carbocycles. The first kappa shape index (κ1) is 15.2. The minimum absolute atomic E-state index is 0.0562. The van der Waals surface area contributed by atoms with Crippen LogP contribution in [0.2, 0.25) is 0 Å². The van der Waals surface area contributed by atoms with E-state index in [0.29, 0.717) is 16.9 Å². The average molecular weight is 309 g/mol. The lowest BCUT2D eigenvalue weighted by Crippen LogP contribution is -2.27. The number of nitrogens with zero attached hydrogens (tertiary/aromatic N) is 2. The van der Waals surface area contributed by atoms with Crippen LogP contribution in [-0.2, 0) is 0 Å². The van der Waals surface area contributed by atoms with Gasteiger partial charge in [0.05, 0.1) is 0 Å². The Labute approximate surface area is 135 Å². The lowest BCUT2D eigenvalue weighted by Gasteiger charge is -2.15. The Balaban J connectivity index is 1.67. The molecule has 5 heteroatoms. The molecule has 118 valence electrons. The first-order chi connectivity index (χ1) is 11.1. The van der Waals surface area contributed by atoms with Crippen molar-refractivity contribution in [3.8, 4) is 0 Å². The van der Waals surface area contributed by atoms with E-state index in [1.807, 2.05) is 17.9 Å². The molecule has 2 aromatic rings. The molecule has 1 aliphatic heterocycles. The van der Waals surface area contributed by atoms with Crippen LogP contribution in [0, 0.1) is 6.92 Å². The lowest BCUT2D eigenvalue weighted by molar-refractivity contribution is 0.0792. The van der Waals surface area contributed by atoms with Gasteiger partial charge in [0.2, 0.25) is 0 Å². The maximum absolute atomic E-state index is 12.3. The third kappa shape index (κ3) is 3.56. The first-order valence-electron chi connectivity index (χ1n) is 7.78. The molecule has 1 aliphatic rings. The second-order valence-electron chi connectivity index (χ2n) is 5.69. The number of carbonyl (C=O) groups is 2. The number of anilines is 1. The Kier molecular flexibility index (Phi) is 4.37. The first-order valence-corrected chi connectivity index (χ1v) is 7.78. The Bertz CT molecular complexity index is 719. The van der Waals surface area contributed by atoms with E-state index in [-0.39, 0.29) is 11.8 Å². The summed E-state index contributed by atoms with van der Waals surface area (Å²) in [4.78, 5) is 30.5. The van der Waals surface area contributed by atoms with Crippen molar-refractivity contribution in [2.24, 2.45) is 0 Å². The summed E-state index contributed by atoms with van der Waals surface area (Å²) in [5.41, 5.74) is 2.47. The highest BCUT2D eigenvalue weighted by Gasteiger charge is 2.19. The summed E-state index contributed by atoms with van der Waals surface area (Å²) >= 11 is 0. The molecule has 3 rings (SSSR count). The monoisotopic (exact) mass is 309 g/mol. The third-order valence-electron chi connectivity index (χ3n) is 3.90. The van der Waals surface area contributed by atoms with Crippen molar-refractivity contribution in [3.05, 3.63) is 59.4 Å². The van der Waals surface area contributed by atoms with Crippen molar-refractivity contribution in [3.63, 3.8) is 0 Å². The van der Waals surface area contributed by atoms with Gasteiger partial charge in [-0.25, -0.2) is 4.98 Å². The number of likely N-dealkylation sites (tertiary alicyclic amines) is 1. The summed E-state index contributed by atoms with van der Waals surface area (Å²) in [6, 6.07) is 12.3. The quantitative estimate of drug-likeness (QED) is 0.948. The fourth-order valence-electron chi connectivity index (χ4n) is 2.66. The van der Waals surface area contributed by atoms with Crippen LogP contribution in [0.3, 0.4) is 0 Å². The van der Waals surface area contributed by atoms with E-state index < -0.39 is 0 Å². The highest BCUT2D eigenvalue weighted by atomic mass is 16.2. The minimum atomic E-state index is -0.257. The molecule has 0 radical (unpaired) electrons. The number of aromatic nitrogens is 1. The highest BCUT2D eigenvalue weighted by molar-refractivity contribution is 6.03.